The molecule has 7 heteroatoms. The number of carbonyl (C=O) groups is 1. The van der Waals surface area contributed by atoms with E-state index in [1.807, 2.05) is 59.2 Å². The molecular weight excluding hydrogens is 368 g/mol. The van der Waals surface area contributed by atoms with Crippen LogP contribution in [0.5, 0.6) is 11.5 Å². The van der Waals surface area contributed by atoms with Gasteiger partial charge in [-0.3, -0.25) is 9.36 Å². The molecule has 7 nitrogen and oxygen atoms in total. The van der Waals surface area contributed by atoms with Crippen LogP contribution < -0.4 is 14.8 Å². The molecule has 5 rings (SSSR count). The molecule has 1 N–H and O–H groups in total. The first-order chi connectivity index (χ1) is 14.3. The molecule has 0 unspecified atom stereocenters. The van der Waals surface area contributed by atoms with E-state index in [0.29, 0.717) is 18.5 Å². The molecule has 0 spiro atoms. The van der Waals surface area contributed by atoms with Gasteiger partial charge in [-0.05, 0) is 48.4 Å². The van der Waals surface area contributed by atoms with Crippen LogP contribution in [0.3, 0.4) is 0 Å². The predicted octanol–water partition coefficient (Wildman–Crippen LogP) is 3.72. The van der Waals surface area contributed by atoms with Crippen molar-refractivity contribution in [2.24, 2.45) is 0 Å². The van der Waals surface area contributed by atoms with Crippen molar-refractivity contribution in [2.45, 2.75) is 12.8 Å². The molecule has 1 amide bonds. The number of benzene rings is 2. The molecule has 1 aliphatic heterocycles. The molecule has 0 bridgehead atoms. The zero-order valence-electron chi connectivity index (χ0n) is 15.5. The first-order valence-electron chi connectivity index (χ1n) is 9.33. The number of fused-ring (bicyclic) bond motifs is 2. The summed E-state index contributed by atoms with van der Waals surface area (Å²) < 4.78 is 12.6. The van der Waals surface area contributed by atoms with Crippen LogP contribution in [-0.2, 0) is 11.2 Å². The number of para-hydroxylation sites is 2. The third-order valence-electron chi connectivity index (χ3n) is 4.81. The summed E-state index contributed by atoms with van der Waals surface area (Å²) in [6.45, 7) is 0.247. The van der Waals surface area contributed by atoms with Crippen LogP contribution in [0.4, 0.5) is 5.69 Å². The Kier molecular flexibility index (Phi) is 4.32. The minimum atomic E-state index is -0.0645. The smallest absolute Gasteiger partial charge is 0.231 e. The van der Waals surface area contributed by atoms with Crippen LogP contribution in [0.1, 0.15) is 12.0 Å². The maximum atomic E-state index is 12.3. The van der Waals surface area contributed by atoms with Gasteiger partial charge in [0.2, 0.25) is 12.7 Å². The number of ether oxygens (including phenoxy) is 2. The molecule has 0 fully saturated rings. The number of nitrogens with zero attached hydrogens (tertiary/aromatic N) is 3. The van der Waals surface area contributed by atoms with Crippen molar-refractivity contribution in [3.8, 4) is 17.3 Å². The molecule has 2 aromatic heterocycles. The van der Waals surface area contributed by atoms with E-state index < -0.39 is 0 Å². The van der Waals surface area contributed by atoms with Gasteiger partial charge in [0.1, 0.15) is 12.1 Å². The zero-order valence-corrected chi connectivity index (χ0v) is 15.5. The standard InChI is InChI=1S/C22H18N4O3/c27-22(10-6-15-5-8-19-20(11-15)29-14-28-19)25-16-7-9-21(23-12-16)26-13-24-17-3-1-2-4-18(17)26/h1-5,7-9,11-13H,6,10,14H2,(H,25,27). The van der Waals surface area contributed by atoms with Crippen molar-refractivity contribution >= 4 is 22.6 Å². The number of aromatic nitrogens is 3. The van der Waals surface area contributed by atoms with Crippen LogP contribution in [-0.4, -0.2) is 27.2 Å². The number of pyridine rings is 1. The molecule has 3 heterocycles. The van der Waals surface area contributed by atoms with Gasteiger partial charge in [-0.2, -0.15) is 0 Å². The second kappa shape index (κ2) is 7.27. The predicted molar refractivity (Wildman–Crippen MR) is 108 cm³/mol. The third-order valence-corrected chi connectivity index (χ3v) is 4.81. The van der Waals surface area contributed by atoms with Crippen LogP contribution in [0.25, 0.3) is 16.9 Å². The molecule has 29 heavy (non-hydrogen) atoms. The summed E-state index contributed by atoms with van der Waals surface area (Å²) >= 11 is 0. The van der Waals surface area contributed by atoms with Gasteiger partial charge in [0, 0.05) is 6.42 Å². The van der Waals surface area contributed by atoms with Gasteiger partial charge in [0.25, 0.3) is 0 Å². The fraction of sp³-hybridized carbons (Fsp3) is 0.136. The Morgan fingerprint density at radius 3 is 2.83 bits per heavy atom. The quantitative estimate of drug-likeness (QED) is 0.566. The van der Waals surface area contributed by atoms with Crippen LogP contribution in [0, 0.1) is 0 Å². The minimum Gasteiger partial charge on any atom is -0.454 e. The van der Waals surface area contributed by atoms with E-state index in [4.69, 9.17) is 9.47 Å². The number of rotatable bonds is 5. The number of hydrogen-bond donors (Lipinski definition) is 1. The lowest BCUT2D eigenvalue weighted by molar-refractivity contribution is -0.116. The highest BCUT2D eigenvalue weighted by Crippen LogP contribution is 2.32. The average molecular weight is 386 g/mol. The van der Waals surface area contributed by atoms with Crippen molar-refractivity contribution in [2.75, 3.05) is 12.1 Å². The van der Waals surface area contributed by atoms with Gasteiger partial charge in [0.15, 0.2) is 11.5 Å². The summed E-state index contributed by atoms with van der Waals surface area (Å²) in [7, 11) is 0. The van der Waals surface area contributed by atoms with E-state index in [-0.39, 0.29) is 12.7 Å². The lowest BCUT2D eigenvalue weighted by Gasteiger charge is -2.07. The van der Waals surface area contributed by atoms with Crippen molar-refractivity contribution in [1.82, 2.24) is 14.5 Å². The van der Waals surface area contributed by atoms with Gasteiger partial charge < -0.3 is 14.8 Å². The van der Waals surface area contributed by atoms with Gasteiger partial charge >= 0.3 is 0 Å². The summed E-state index contributed by atoms with van der Waals surface area (Å²) in [6.07, 6.45) is 4.39. The molecule has 1 aliphatic rings. The van der Waals surface area contributed by atoms with E-state index in [1.54, 1.807) is 12.5 Å². The Bertz CT molecular complexity index is 1180. The number of amides is 1. The maximum Gasteiger partial charge on any atom is 0.231 e. The van der Waals surface area contributed by atoms with Gasteiger partial charge in [-0.15, -0.1) is 0 Å². The molecule has 4 aromatic rings. The minimum absolute atomic E-state index is 0.0645. The van der Waals surface area contributed by atoms with E-state index in [1.165, 1.54) is 0 Å². The number of carbonyl (C=O) groups excluding carboxylic acids is 1. The zero-order chi connectivity index (χ0) is 19.6. The first-order valence-corrected chi connectivity index (χ1v) is 9.33. The molecule has 2 aromatic carbocycles. The molecule has 0 aliphatic carbocycles. The summed E-state index contributed by atoms with van der Waals surface area (Å²) in [5, 5.41) is 2.89. The van der Waals surface area contributed by atoms with Crippen molar-refractivity contribution in [3.05, 3.63) is 72.7 Å². The summed E-state index contributed by atoms with van der Waals surface area (Å²) in [5.41, 5.74) is 3.59. The molecule has 0 atom stereocenters. The number of aryl methyl sites for hydroxylation is 1. The van der Waals surface area contributed by atoms with E-state index in [0.717, 1.165) is 33.9 Å². The monoisotopic (exact) mass is 386 g/mol. The van der Waals surface area contributed by atoms with Crippen LogP contribution >= 0.6 is 0 Å². The third kappa shape index (κ3) is 3.50. The average Bonchev–Trinajstić information content (AvgIpc) is 3.39. The van der Waals surface area contributed by atoms with E-state index in [9.17, 15) is 4.79 Å². The van der Waals surface area contributed by atoms with E-state index >= 15 is 0 Å². The SMILES string of the molecule is O=C(CCc1ccc2c(c1)OCO2)Nc1ccc(-n2cnc3ccccc32)nc1. The lowest BCUT2D eigenvalue weighted by atomic mass is 10.1. The highest BCUT2D eigenvalue weighted by molar-refractivity contribution is 5.90. The Labute approximate surface area is 166 Å². The number of hydrogen-bond acceptors (Lipinski definition) is 5. The van der Waals surface area contributed by atoms with Crippen molar-refractivity contribution < 1.29 is 14.3 Å². The molecule has 144 valence electrons. The second-order valence-corrected chi connectivity index (χ2v) is 6.74. The fourth-order valence-corrected chi connectivity index (χ4v) is 3.32. The second-order valence-electron chi connectivity index (χ2n) is 6.74. The number of nitrogens with one attached hydrogen (secondary N) is 1. The largest absolute Gasteiger partial charge is 0.454 e. The topological polar surface area (TPSA) is 78.3 Å². The van der Waals surface area contributed by atoms with Crippen molar-refractivity contribution in [1.29, 1.82) is 0 Å². The number of imidazole rings is 1. The highest BCUT2D eigenvalue weighted by atomic mass is 16.7. The normalized spacial score (nSPS) is 12.3. The molecular formula is C22H18N4O3. The van der Waals surface area contributed by atoms with Gasteiger partial charge in [-0.1, -0.05) is 18.2 Å². The summed E-state index contributed by atoms with van der Waals surface area (Å²) in [6, 6.07) is 17.3. The van der Waals surface area contributed by atoms with Crippen LogP contribution in [0.2, 0.25) is 0 Å². The first kappa shape index (κ1) is 17.2. The molecule has 0 saturated carbocycles. The fourth-order valence-electron chi connectivity index (χ4n) is 3.32. The lowest BCUT2D eigenvalue weighted by Crippen LogP contribution is -2.12. The summed E-state index contributed by atoms with van der Waals surface area (Å²) in [4.78, 5) is 21.1. The van der Waals surface area contributed by atoms with Crippen molar-refractivity contribution in [3.63, 3.8) is 0 Å². The maximum absolute atomic E-state index is 12.3. The van der Waals surface area contributed by atoms with Gasteiger partial charge in [-0.25, -0.2) is 9.97 Å². The Balaban J connectivity index is 1.22. The summed E-state index contributed by atoms with van der Waals surface area (Å²) in [5.74, 6) is 2.16. The van der Waals surface area contributed by atoms with Crippen LogP contribution in [0.15, 0.2) is 67.1 Å². The van der Waals surface area contributed by atoms with E-state index in [2.05, 4.69) is 15.3 Å². The Morgan fingerprint density at radius 2 is 1.93 bits per heavy atom. The molecule has 0 radical (unpaired) electrons. The number of anilines is 1. The Morgan fingerprint density at radius 1 is 1.03 bits per heavy atom. The Hall–Kier alpha value is -3.87. The molecule has 0 saturated heterocycles. The van der Waals surface area contributed by atoms with Gasteiger partial charge in [0.05, 0.1) is 22.9 Å². The highest BCUT2D eigenvalue weighted by Gasteiger charge is 2.14.